The Morgan fingerprint density at radius 3 is 2.55 bits per heavy atom. The third kappa shape index (κ3) is 7.81. The predicted molar refractivity (Wildman–Crippen MR) is 119 cm³/mol. The number of nitrogens with two attached hydrogens (primary N) is 1. The van der Waals surface area contributed by atoms with Crippen LogP contribution in [0.5, 0.6) is 0 Å². The summed E-state index contributed by atoms with van der Waals surface area (Å²) in [6.07, 6.45) is 2.08. The van der Waals surface area contributed by atoms with Gasteiger partial charge in [0.2, 0.25) is 6.29 Å². The first-order valence-electron chi connectivity index (χ1n) is 10.9. The minimum absolute atomic E-state index is 0.00459. The van der Waals surface area contributed by atoms with Gasteiger partial charge in [-0.05, 0) is 43.4 Å². The van der Waals surface area contributed by atoms with Gasteiger partial charge < -0.3 is 35.1 Å². The van der Waals surface area contributed by atoms with Crippen molar-refractivity contribution in [3.8, 4) is 0 Å². The molecule has 1 aromatic rings. The molecule has 0 bridgehead atoms. The zero-order valence-electron chi connectivity index (χ0n) is 18.7. The van der Waals surface area contributed by atoms with Gasteiger partial charge >= 0.3 is 0 Å². The number of rotatable bonds is 13. The van der Waals surface area contributed by atoms with Crippen molar-refractivity contribution >= 4 is 17.3 Å². The largest absolute Gasteiger partial charge is 0.459 e. The van der Waals surface area contributed by atoms with E-state index in [2.05, 4.69) is 19.2 Å². The van der Waals surface area contributed by atoms with Gasteiger partial charge in [0.25, 0.3) is 5.91 Å². The summed E-state index contributed by atoms with van der Waals surface area (Å²) in [5, 5.41) is 11.5. The number of para-hydroxylation sites is 2. The molecule has 0 saturated heterocycles. The van der Waals surface area contributed by atoms with E-state index in [0.29, 0.717) is 44.4 Å². The van der Waals surface area contributed by atoms with Gasteiger partial charge in [0.15, 0.2) is 5.76 Å². The van der Waals surface area contributed by atoms with Crippen LogP contribution in [0.3, 0.4) is 0 Å². The lowest BCUT2D eigenvalue weighted by Crippen LogP contribution is -2.40. The molecule has 8 nitrogen and oxygen atoms in total. The van der Waals surface area contributed by atoms with Crippen molar-refractivity contribution in [3.05, 3.63) is 36.1 Å². The second-order valence-corrected chi connectivity index (χ2v) is 7.74. The van der Waals surface area contributed by atoms with E-state index in [0.717, 1.165) is 6.42 Å². The number of nitrogens with one attached hydrogen (secondary N) is 1. The van der Waals surface area contributed by atoms with Crippen molar-refractivity contribution in [1.82, 2.24) is 0 Å². The summed E-state index contributed by atoms with van der Waals surface area (Å²) in [5.41, 5.74) is 6.98. The third-order valence-electron chi connectivity index (χ3n) is 5.17. The number of hydrogen-bond donors (Lipinski definition) is 3. The first-order chi connectivity index (χ1) is 15.0. The minimum atomic E-state index is -0.537. The molecule has 3 atom stereocenters. The van der Waals surface area contributed by atoms with Gasteiger partial charge in [0.1, 0.15) is 0 Å². The first-order valence-corrected chi connectivity index (χ1v) is 10.9. The van der Waals surface area contributed by atoms with Gasteiger partial charge in [0, 0.05) is 19.1 Å². The highest BCUT2D eigenvalue weighted by Gasteiger charge is 2.38. The van der Waals surface area contributed by atoms with Crippen molar-refractivity contribution in [3.63, 3.8) is 0 Å². The smallest absolute Gasteiger partial charge is 0.290 e. The molecule has 0 fully saturated rings. The Balaban J connectivity index is 2.04. The summed E-state index contributed by atoms with van der Waals surface area (Å²) in [6, 6.07) is 7.11. The number of carbonyl (C=O) groups excluding carboxylic acids is 1. The van der Waals surface area contributed by atoms with E-state index < -0.39 is 6.29 Å². The van der Waals surface area contributed by atoms with E-state index in [-0.39, 0.29) is 36.0 Å². The van der Waals surface area contributed by atoms with Crippen LogP contribution < -0.4 is 11.1 Å². The molecule has 8 heteroatoms. The highest BCUT2D eigenvalue weighted by Crippen LogP contribution is 2.36. The molecule has 0 saturated carbocycles. The number of carbonyl (C=O) groups is 1. The van der Waals surface area contributed by atoms with Crippen molar-refractivity contribution in [2.75, 3.05) is 50.7 Å². The third-order valence-corrected chi connectivity index (χ3v) is 5.17. The van der Waals surface area contributed by atoms with Crippen LogP contribution in [0.15, 0.2) is 36.1 Å². The molecular formula is C23H36N2O6. The number of hydrogen-bond acceptors (Lipinski definition) is 7. The zero-order chi connectivity index (χ0) is 22.6. The Morgan fingerprint density at radius 1 is 1.19 bits per heavy atom. The van der Waals surface area contributed by atoms with Crippen LogP contribution in [-0.2, 0) is 23.7 Å². The van der Waals surface area contributed by atoms with Crippen molar-refractivity contribution < 1.29 is 28.8 Å². The number of anilines is 2. The fourth-order valence-electron chi connectivity index (χ4n) is 3.60. The topological polar surface area (TPSA) is 112 Å². The Morgan fingerprint density at radius 2 is 1.90 bits per heavy atom. The molecule has 1 aromatic carbocycles. The zero-order valence-corrected chi connectivity index (χ0v) is 18.7. The predicted octanol–water partition coefficient (Wildman–Crippen LogP) is 2.79. The summed E-state index contributed by atoms with van der Waals surface area (Å²) >= 11 is 0. The standard InChI is InChI=1S/C23H36N2O6/c1-4-30-23-17(9-11-28-13-14-29-12-10-26)18(16(2)3)15-21(31-23)22(27)25-20-8-6-5-7-19(20)24/h5-8,15-18,23,26H,4,9-14,24H2,1-3H3,(H,25,27)/t17-,18+,23+/m0/s1. The van der Waals surface area contributed by atoms with Gasteiger partial charge in [-0.25, -0.2) is 0 Å². The number of nitrogen functional groups attached to an aromatic ring is 1. The van der Waals surface area contributed by atoms with Crippen LogP contribution in [0.25, 0.3) is 0 Å². The SMILES string of the molecule is CCO[C@@H]1OC(C(=O)Nc2ccccc2N)=C[C@H](C(C)C)[C@@H]1CCOCCOCCO. The Kier molecular flexibility index (Phi) is 10.8. The van der Waals surface area contributed by atoms with Crippen LogP contribution >= 0.6 is 0 Å². The van der Waals surface area contributed by atoms with Crippen molar-refractivity contribution in [1.29, 1.82) is 0 Å². The first kappa shape index (κ1) is 25.1. The van der Waals surface area contributed by atoms with Crippen LogP contribution in [-0.4, -0.2) is 56.9 Å². The molecule has 1 amide bonds. The van der Waals surface area contributed by atoms with Crippen LogP contribution in [0, 0.1) is 17.8 Å². The summed E-state index contributed by atoms with van der Waals surface area (Å²) in [7, 11) is 0. The maximum Gasteiger partial charge on any atom is 0.290 e. The average Bonchev–Trinajstić information content (AvgIpc) is 2.75. The lowest BCUT2D eigenvalue weighted by atomic mass is 9.79. The molecule has 0 aromatic heterocycles. The molecule has 1 heterocycles. The van der Waals surface area contributed by atoms with Crippen LogP contribution in [0.1, 0.15) is 27.2 Å². The van der Waals surface area contributed by atoms with Gasteiger partial charge in [-0.1, -0.05) is 26.0 Å². The van der Waals surface area contributed by atoms with E-state index in [1.165, 1.54) is 0 Å². The number of allylic oxidation sites excluding steroid dienone is 1. The maximum absolute atomic E-state index is 12.9. The molecule has 0 spiro atoms. The number of aliphatic hydroxyl groups is 1. The molecule has 1 aliphatic rings. The van der Waals surface area contributed by atoms with Crippen molar-refractivity contribution in [2.24, 2.45) is 17.8 Å². The van der Waals surface area contributed by atoms with Crippen LogP contribution in [0.2, 0.25) is 0 Å². The Labute approximate surface area is 184 Å². The molecule has 0 aliphatic carbocycles. The van der Waals surface area contributed by atoms with E-state index >= 15 is 0 Å². The second-order valence-electron chi connectivity index (χ2n) is 7.74. The van der Waals surface area contributed by atoms with Gasteiger partial charge in [-0.2, -0.15) is 0 Å². The molecule has 0 unspecified atom stereocenters. The highest BCUT2D eigenvalue weighted by molar-refractivity contribution is 6.04. The van der Waals surface area contributed by atoms with E-state index in [4.69, 9.17) is 29.8 Å². The number of ether oxygens (including phenoxy) is 4. The fourth-order valence-corrected chi connectivity index (χ4v) is 3.60. The maximum atomic E-state index is 12.9. The van der Waals surface area contributed by atoms with Gasteiger partial charge in [-0.15, -0.1) is 0 Å². The Bertz CT molecular complexity index is 709. The van der Waals surface area contributed by atoms with Crippen molar-refractivity contribution in [2.45, 2.75) is 33.5 Å². The number of benzene rings is 1. The normalized spacial score (nSPS) is 20.9. The second kappa shape index (κ2) is 13.3. The molecular weight excluding hydrogens is 400 g/mol. The lowest BCUT2D eigenvalue weighted by Gasteiger charge is -2.38. The summed E-state index contributed by atoms with van der Waals surface area (Å²) in [6.45, 7) is 8.37. The van der Waals surface area contributed by atoms with Crippen LogP contribution in [0.4, 0.5) is 11.4 Å². The molecule has 174 valence electrons. The summed E-state index contributed by atoms with van der Waals surface area (Å²) in [4.78, 5) is 12.9. The number of amides is 1. The van der Waals surface area contributed by atoms with Gasteiger partial charge in [-0.3, -0.25) is 4.79 Å². The molecule has 2 rings (SSSR count). The molecule has 1 aliphatic heterocycles. The average molecular weight is 437 g/mol. The quantitative estimate of drug-likeness (QED) is 0.322. The number of aliphatic hydroxyl groups excluding tert-OH is 1. The van der Waals surface area contributed by atoms with E-state index in [9.17, 15) is 4.79 Å². The molecule has 4 N–H and O–H groups in total. The minimum Gasteiger partial charge on any atom is -0.459 e. The fraction of sp³-hybridized carbons (Fsp3) is 0.609. The molecule has 0 radical (unpaired) electrons. The van der Waals surface area contributed by atoms with Gasteiger partial charge in [0.05, 0.1) is 37.8 Å². The summed E-state index contributed by atoms with van der Waals surface area (Å²) in [5.74, 6) is 0.332. The monoisotopic (exact) mass is 436 g/mol. The molecule has 31 heavy (non-hydrogen) atoms. The summed E-state index contributed by atoms with van der Waals surface area (Å²) < 4.78 is 22.7. The van der Waals surface area contributed by atoms with E-state index in [1.807, 2.05) is 25.1 Å². The highest BCUT2D eigenvalue weighted by atomic mass is 16.7. The Hall–Kier alpha value is -2.13. The lowest BCUT2D eigenvalue weighted by molar-refractivity contribution is -0.175. The van der Waals surface area contributed by atoms with E-state index in [1.54, 1.807) is 12.1 Å².